The molecule has 0 unspecified atom stereocenters. The van der Waals surface area contributed by atoms with E-state index in [9.17, 15) is 14.4 Å². The fourth-order valence-corrected chi connectivity index (χ4v) is 4.84. The topological polar surface area (TPSA) is 92.4 Å². The first-order chi connectivity index (χ1) is 13.6. The number of carbonyl (C=O) groups excluding carboxylic acids is 2. The number of fused-ring (bicyclic) bond motifs is 2. The average Bonchev–Trinajstić information content (AvgIpc) is 3.25. The molecule has 2 aromatic rings. The van der Waals surface area contributed by atoms with Crippen LogP contribution in [0.25, 0.3) is 0 Å². The number of carbonyl (C=O) groups is 2. The number of rotatable bonds is 5. The minimum atomic E-state index is -0.787. The lowest BCUT2D eigenvalue weighted by atomic mass is 9.70. The Hall–Kier alpha value is -2.96. The summed E-state index contributed by atoms with van der Waals surface area (Å²) in [5.74, 6) is -0.620. The molecule has 2 aliphatic heterocycles. The van der Waals surface area contributed by atoms with Gasteiger partial charge in [-0.05, 0) is 38.2 Å². The van der Waals surface area contributed by atoms with Crippen LogP contribution in [0.4, 0.5) is 0 Å². The van der Waals surface area contributed by atoms with Gasteiger partial charge in [0.05, 0.1) is 18.3 Å². The molecule has 2 saturated heterocycles. The summed E-state index contributed by atoms with van der Waals surface area (Å²) in [4.78, 5) is 46.4. The van der Waals surface area contributed by atoms with Crippen LogP contribution in [0.1, 0.15) is 42.1 Å². The van der Waals surface area contributed by atoms with E-state index in [4.69, 9.17) is 4.74 Å². The van der Waals surface area contributed by atoms with E-state index in [0.29, 0.717) is 19.4 Å². The average molecular weight is 381 g/mol. The Kier molecular flexibility index (Phi) is 4.75. The van der Waals surface area contributed by atoms with E-state index in [0.717, 1.165) is 18.4 Å². The van der Waals surface area contributed by atoms with Crippen molar-refractivity contribution in [3.8, 4) is 0 Å². The highest BCUT2D eigenvalue weighted by Gasteiger charge is 2.62. The molecule has 2 aliphatic rings. The summed E-state index contributed by atoms with van der Waals surface area (Å²) in [7, 11) is 0. The SMILES string of the molecule is CCOC(=O)[C@@]1(Cc2ccccc2)C[C@H]2CC[C@@H]1N2C(=O)c1cnc[nH]c1=O. The fraction of sp³-hybridized carbons (Fsp3) is 0.429. The zero-order valence-corrected chi connectivity index (χ0v) is 15.8. The van der Waals surface area contributed by atoms with Crippen LogP contribution in [0.15, 0.2) is 47.7 Å². The summed E-state index contributed by atoms with van der Waals surface area (Å²) in [6, 6.07) is 9.44. The molecule has 2 bridgehead atoms. The van der Waals surface area contributed by atoms with Gasteiger partial charge in [0.1, 0.15) is 5.56 Å². The van der Waals surface area contributed by atoms with Crippen LogP contribution >= 0.6 is 0 Å². The van der Waals surface area contributed by atoms with Gasteiger partial charge >= 0.3 is 5.97 Å². The highest BCUT2D eigenvalue weighted by molar-refractivity contribution is 5.95. The second kappa shape index (κ2) is 7.22. The zero-order chi connectivity index (χ0) is 19.7. The van der Waals surface area contributed by atoms with Crippen molar-refractivity contribution in [2.24, 2.45) is 5.41 Å². The molecule has 1 N–H and O–H groups in total. The number of aromatic amines is 1. The quantitative estimate of drug-likeness (QED) is 0.799. The molecule has 0 spiro atoms. The molecule has 0 radical (unpaired) electrons. The van der Waals surface area contributed by atoms with Crippen molar-refractivity contribution in [3.05, 3.63) is 64.3 Å². The zero-order valence-electron chi connectivity index (χ0n) is 15.8. The molecular formula is C21H23N3O4. The number of amides is 1. The lowest BCUT2D eigenvalue weighted by Gasteiger charge is -2.35. The Morgan fingerprint density at radius 3 is 2.79 bits per heavy atom. The van der Waals surface area contributed by atoms with Gasteiger partial charge in [-0.2, -0.15) is 0 Å². The predicted molar refractivity (Wildman–Crippen MR) is 102 cm³/mol. The second-order valence-electron chi connectivity index (χ2n) is 7.50. The van der Waals surface area contributed by atoms with Gasteiger partial charge < -0.3 is 14.6 Å². The predicted octanol–water partition coefficient (Wildman–Crippen LogP) is 1.94. The van der Waals surface area contributed by atoms with E-state index in [2.05, 4.69) is 9.97 Å². The van der Waals surface area contributed by atoms with E-state index in [1.807, 2.05) is 30.3 Å². The van der Waals surface area contributed by atoms with Gasteiger partial charge in [0.15, 0.2) is 0 Å². The lowest BCUT2D eigenvalue weighted by molar-refractivity contribution is -0.157. The number of aromatic nitrogens is 2. The summed E-state index contributed by atoms with van der Waals surface area (Å²) < 4.78 is 5.45. The van der Waals surface area contributed by atoms with Crippen molar-refractivity contribution < 1.29 is 14.3 Å². The first kappa shape index (κ1) is 18.4. The molecule has 0 aliphatic carbocycles. The largest absolute Gasteiger partial charge is 0.465 e. The van der Waals surface area contributed by atoms with Gasteiger partial charge in [0.25, 0.3) is 11.5 Å². The number of nitrogens with zero attached hydrogens (tertiary/aromatic N) is 2. The normalized spacial score (nSPS) is 25.7. The second-order valence-corrected chi connectivity index (χ2v) is 7.50. The summed E-state index contributed by atoms with van der Waals surface area (Å²) >= 11 is 0. The molecule has 146 valence electrons. The Labute approximate surface area is 162 Å². The van der Waals surface area contributed by atoms with E-state index < -0.39 is 11.0 Å². The van der Waals surface area contributed by atoms with Crippen molar-refractivity contribution in [1.82, 2.24) is 14.9 Å². The maximum Gasteiger partial charge on any atom is 0.314 e. The molecule has 4 rings (SSSR count). The van der Waals surface area contributed by atoms with Crippen LogP contribution in [-0.4, -0.2) is 45.4 Å². The molecule has 2 fully saturated rings. The molecule has 1 amide bonds. The van der Waals surface area contributed by atoms with E-state index in [1.165, 1.54) is 12.5 Å². The molecule has 7 nitrogen and oxygen atoms in total. The minimum Gasteiger partial charge on any atom is -0.465 e. The number of nitrogens with one attached hydrogen (secondary N) is 1. The maximum atomic E-state index is 13.2. The summed E-state index contributed by atoms with van der Waals surface area (Å²) in [5, 5.41) is 0. The number of H-pyrrole nitrogens is 1. The number of benzene rings is 1. The van der Waals surface area contributed by atoms with Gasteiger partial charge in [-0.1, -0.05) is 30.3 Å². The fourth-order valence-electron chi connectivity index (χ4n) is 4.84. The van der Waals surface area contributed by atoms with Gasteiger partial charge in [-0.3, -0.25) is 14.4 Å². The van der Waals surface area contributed by atoms with Crippen molar-refractivity contribution in [3.63, 3.8) is 0 Å². The van der Waals surface area contributed by atoms with E-state index in [-0.39, 0.29) is 29.5 Å². The van der Waals surface area contributed by atoms with Gasteiger partial charge in [-0.15, -0.1) is 0 Å². The van der Waals surface area contributed by atoms with E-state index >= 15 is 0 Å². The van der Waals surface area contributed by atoms with Crippen LogP contribution in [-0.2, 0) is 16.0 Å². The molecule has 1 aromatic carbocycles. The molecule has 28 heavy (non-hydrogen) atoms. The first-order valence-corrected chi connectivity index (χ1v) is 9.63. The van der Waals surface area contributed by atoms with E-state index in [1.54, 1.807) is 11.8 Å². The third kappa shape index (κ3) is 2.91. The van der Waals surface area contributed by atoms with Crippen LogP contribution in [0.2, 0.25) is 0 Å². The Bertz CT molecular complexity index is 942. The third-order valence-electron chi connectivity index (χ3n) is 5.97. The molecule has 3 atom stereocenters. The standard InChI is InChI=1S/C21H23N3O4/c1-2-28-20(27)21(10-14-6-4-3-5-7-14)11-15-8-9-17(21)24(15)19(26)16-12-22-13-23-18(16)25/h3-7,12-13,15,17H,2,8-11H2,1H3,(H,22,23,25)/t15-,17+,21+/m1/s1. The van der Waals surface area contributed by atoms with Crippen molar-refractivity contribution in [2.45, 2.75) is 44.7 Å². The van der Waals surface area contributed by atoms with Crippen molar-refractivity contribution >= 4 is 11.9 Å². The Morgan fingerprint density at radius 1 is 1.29 bits per heavy atom. The van der Waals surface area contributed by atoms with Gasteiger partial charge in [0.2, 0.25) is 0 Å². The summed E-state index contributed by atoms with van der Waals surface area (Å²) in [5.41, 5.74) is -0.199. The molecule has 0 saturated carbocycles. The Morgan fingerprint density at radius 2 is 2.07 bits per heavy atom. The van der Waals surface area contributed by atoms with Crippen LogP contribution < -0.4 is 5.56 Å². The summed E-state index contributed by atoms with van der Waals surface area (Å²) in [6.45, 7) is 2.09. The van der Waals surface area contributed by atoms with Crippen molar-refractivity contribution in [1.29, 1.82) is 0 Å². The monoisotopic (exact) mass is 381 g/mol. The highest BCUT2D eigenvalue weighted by Crippen LogP contribution is 2.52. The maximum absolute atomic E-state index is 13.2. The molecule has 3 heterocycles. The van der Waals surface area contributed by atoms with Gasteiger partial charge in [-0.25, -0.2) is 4.98 Å². The summed E-state index contributed by atoms with van der Waals surface area (Å²) in [6.07, 6.45) is 5.17. The number of esters is 1. The number of ether oxygens (including phenoxy) is 1. The van der Waals surface area contributed by atoms with Crippen molar-refractivity contribution in [2.75, 3.05) is 6.61 Å². The highest BCUT2D eigenvalue weighted by atomic mass is 16.5. The molecule has 1 aromatic heterocycles. The van der Waals surface area contributed by atoms with Gasteiger partial charge in [0, 0.05) is 18.3 Å². The number of hydrogen-bond acceptors (Lipinski definition) is 5. The Balaban J connectivity index is 1.71. The van der Waals surface area contributed by atoms with Crippen LogP contribution in [0.3, 0.4) is 0 Å². The lowest BCUT2D eigenvalue weighted by Crippen LogP contribution is -2.48. The first-order valence-electron chi connectivity index (χ1n) is 9.63. The molecule has 7 heteroatoms. The van der Waals surface area contributed by atoms with Crippen LogP contribution in [0.5, 0.6) is 0 Å². The smallest absolute Gasteiger partial charge is 0.314 e. The minimum absolute atomic E-state index is 0.0127. The third-order valence-corrected chi connectivity index (χ3v) is 5.97. The number of hydrogen-bond donors (Lipinski definition) is 1. The molecular weight excluding hydrogens is 358 g/mol. The van der Waals surface area contributed by atoms with Crippen LogP contribution in [0, 0.1) is 5.41 Å².